The van der Waals surface area contributed by atoms with Gasteiger partial charge in [0.05, 0.1) is 6.33 Å². The SMILES string of the molecule is O=C(Nc1ccc(Cn2cnc(-c3nc(-c4ccc(Cl)cc4)no3)c2)cc1)c1cccc(Cl)c1. The molecule has 34 heavy (non-hydrogen) atoms. The van der Waals surface area contributed by atoms with E-state index in [-0.39, 0.29) is 5.91 Å². The third-order valence-electron chi connectivity index (χ3n) is 5.04. The maximum atomic E-state index is 12.4. The van der Waals surface area contributed by atoms with Crippen molar-refractivity contribution in [3.8, 4) is 23.0 Å². The van der Waals surface area contributed by atoms with Crippen LogP contribution in [0.2, 0.25) is 10.0 Å². The highest BCUT2D eigenvalue weighted by atomic mass is 35.5. The molecule has 1 amide bonds. The van der Waals surface area contributed by atoms with Gasteiger partial charge in [0.25, 0.3) is 11.8 Å². The number of nitrogens with zero attached hydrogens (tertiary/aromatic N) is 4. The summed E-state index contributed by atoms with van der Waals surface area (Å²) in [6.45, 7) is 0.591. The summed E-state index contributed by atoms with van der Waals surface area (Å²) in [4.78, 5) is 21.2. The number of aromatic nitrogens is 4. The molecule has 0 fully saturated rings. The van der Waals surface area contributed by atoms with Crippen LogP contribution in [-0.4, -0.2) is 25.6 Å². The summed E-state index contributed by atoms with van der Waals surface area (Å²) in [6.07, 6.45) is 3.55. The molecule has 168 valence electrons. The molecule has 0 aliphatic rings. The van der Waals surface area contributed by atoms with E-state index in [0.717, 1.165) is 11.1 Å². The Kier molecular flexibility index (Phi) is 6.12. The second kappa shape index (κ2) is 9.51. The maximum absolute atomic E-state index is 12.4. The predicted octanol–water partition coefficient (Wildman–Crippen LogP) is 6.21. The number of halogens is 2. The molecule has 9 heteroatoms. The number of nitrogens with one attached hydrogen (secondary N) is 1. The third kappa shape index (κ3) is 5.01. The third-order valence-corrected chi connectivity index (χ3v) is 5.53. The van der Waals surface area contributed by atoms with Gasteiger partial charge in [0, 0.05) is 39.6 Å². The Morgan fingerprint density at radius 1 is 0.971 bits per heavy atom. The van der Waals surface area contributed by atoms with Crippen molar-refractivity contribution < 1.29 is 9.32 Å². The van der Waals surface area contributed by atoms with Crippen LogP contribution < -0.4 is 5.32 Å². The summed E-state index contributed by atoms with van der Waals surface area (Å²) in [5.74, 6) is 0.589. The smallest absolute Gasteiger partial charge is 0.278 e. The Balaban J connectivity index is 1.23. The van der Waals surface area contributed by atoms with Crippen molar-refractivity contribution in [3.05, 3.63) is 106 Å². The van der Waals surface area contributed by atoms with Crippen molar-refractivity contribution in [1.29, 1.82) is 0 Å². The van der Waals surface area contributed by atoms with Crippen LogP contribution in [0.15, 0.2) is 89.8 Å². The molecular formula is C25H17Cl2N5O2. The summed E-state index contributed by atoms with van der Waals surface area (Å²) in [5.41, 5.74) is 3.62. The lowest BCUT2D eigenvalue weighted by Crippen LogP contribution is -2.11. The fourth-order valence-electron chi connectivity index (χ4n) is 3.34. The lowest BCUT2D eigenvalue weighted by Gasteiger charge is -2.07. The van der Waals surface area contributed by atoms with Gasteiger partial charge in [0.2, 0.25) is 5.82 Å². The van der Waals surface area contributed by atoms with Crippen LogP contribution in [0.1, 0.15) is 15.9 Å². The van der Waals surface area contributed by atoms with Crippen molar-refractivity contribution in [1.82, 2.24) is 19.7 Å². The second-order valence-corrected chi connectivity index (χ2v) is 8.40. The first-order valence-electron chi connectivity index (χ1n) is 10.3. The number of hydrogen-bond acceptors (Lipinski definition) is 5. The number of benzene rings is 3. The first-order chi connectivity index (χ1) is 16.5. The van der Waals surface area contributed by atoms with E-state index in [1.54, 1.807) is 42.7 Å². The van der Waals surface area contributed by atoms with E-state index in [9.17, 15) is 4.79 Å². The van der Waals surface area contributed by atoms with E-state index in [4.69, 9.17) is 27.7 Å². The molecule has 0 aliphatic heterocycles. The van der Waals surface area contributed by atoms with E-state index in [2.05, 4.69) is 20.4 Å². The normalized spacial score (nSPS) is 10.9. The summed E-state index contributed by atoms with van der Waals surface area (Å²) < 4.78 is 7.29. The number of amides is 1. The van der Waals surface area contributed by atoms with Gasteiger partial charge >= 0.3 is 0 Å². The van der Waals surface area contributed by atoms with Crippen LogP contribution in [0.4, 0.5) is 5.69 Å². The van der Waals surface area contributed by atoms with Crippen LogP contribution in [-0.2, 0) is 6.54 Å². The zero-order valence-corrected chi connectivity index (χ0v) is 19.2. The van der Waals surface area contributed by atoms with Gasteiger partial charge in [-0.1, -0.05) is 46.6 Å². The van der Waals surface area contributed by atoms with Crippen molar-refractivity contribution in [2.24, 2.45) is 0 Å². The van der Waals surface area contributed by atoms with Crippen molar-refractivity contribution in [3.63, 3.8) is 0 Å². The van der Waals surface area contributed by atoms with E-state index in [1.807, 2.05) is 47.2 Å². The first kappa shape index (κ1) is 21.9. The van der Waals surface area contributed by atoms with Gasteiger partial charge in [-0.05, 0) is 60.2 Å². The summed E-state index contributed by atoms with van der Waals surface area (Å²) in [5, 5.41) is 8.05. The number of carbonyl (C=O) groups excluding carboxylic acids is 1. The summed E-state index contributed by atoms with van der Waals surface area (Å²) in [7, 11) is 0. The Bertz CT molecular complexity index is 1440. The standard InChI is InChI=1S/C25H17Cl2N5O2/c26-19-8-6-17(7-9-19)23-30-25(34-31-23)22-14-32(15-28-22)13-16-4-10-21(11-5-16)29-24(33)18-2-1-3-20(27)12-18/h1-12,14-15H,13H2,(H,29,33). The average molecular weight is 490 g/mol. The minimum Gasteiger partial charge on any atom is -0.332 e. The Labute approximate surface area is 205 Å². The molecule has 0 saturated carbocycles. The molecule has 0 saturated heterocycles. The molecule has 1 N–H and O–H groups in total. The molecule has 2 heterocycles. The molecule has 0 aliphatic carbocycles. The fraction of sp³-hybridized carbons (Fsp3) is 0.0400. The quantitative estimate of drug-likeness (QED) is 0.306. The van der Waals surface area contributed by atoms with Crippen LogP contribution in [0, 0.1) is 0 Å². The molecule has 0 unspecified atom stereocenters. The van der Waals surface area contributed by atoms with Crippen molar-refractivity contribution in [2.75, 3.05) is 5.32 Å². The molecule has 0 radical (unpaired) electrons. The number of hydrogen-bond donors (Lipinski definition) is 1. The molecule has 0 bridgehead atoms. The Morgan fingerprint density at radius 3 is 2.53 bits per heavy atom. The highest BCUT2D eigenvalue weighted by Crippen LogP contribution is 2.23. The molecular weight excluding hydrogens is 473 g/mol. The van der Waals surface area contributed by atoms with Crippen LogP contribution >= 0.6 is 23.2 Å². The molecule has 5 rings (SSSR count). The summed E-state index contributed by atoms with van der Waals surface area (Å²) in [6, 6.07) is 21.6. The lowest BCUT2D eigenvalue weighted by atomic mass is 10.2. The summed E-state index contributed by atoms with van der Waals surface area (Å²) >= 11 is 11.9. The fourth-order valence-corrected chi connectivity index (χ4v) is 3.65. The van der Waals surface area contributed by atoms with Gasteiger partial charge in [0.15, 0.2) is 0 Å². The van der Waals surface area contributed by atoms with Crippen LogP contribution in [0.5, 0.6) is 0 Å². The molecule has 2 aromatic heterocycles. The van der Waals surface area contributed by atoms with Crippen molar-refractivity contribution in [2.45, 2.75) is 6.54 Å². The van der Waals surface area contributed by atoms with Gasteiger partial charge in [-0.2, -0.15) is 4.98 Å². The van der Waals surface area contributed by atoms with Crippen LogP contribution in [0.3, 0.4) is 0 Å². The van der Waals surface area contributed by atoms with Crippen LogP contribution in [0.25, 0.3) is 23.0 Å². The highest BCUT2D eigenvalue weighted by molar-refractivity contribution is 6.31. The molecule has 3 aromatic carbocycles. The Hall–Kier alpha value is -3.94. The molecule has 7 nitrogen and oxygen atoms in total. The van der Waals surface area contributed by atoms with E-state index < -0.39 is 0 Å². The first-order valence-corrected chi connectivity index (χ1v) is 11.1. The topological polar surface area (TPSA) is 85.8 Å². The highest BCUT2D eigenvalue weighted by Gasteiger charge is 2.13. The predicted molar refractivity (Wildman–Crippen MR) is 131 cm³/mol. The number of imidazole rings is 1. The largest absolute Gasteiger partial charge is 0.332 e. The van der Waals surface area contributed by atoms with E-state index >= 15 is 0 Å². The lowest BCUT2D eigenvalue weighted by molar-refractivity contribution is 0.102. The molecule has 5 aromatic rings. The minimum absolute atomic E-state index is 0.216. The number of rotatable bonds is 6. The minimum atomic E-state index is -0.216. The van der Waals surface area contributed by atoms with Gasteiger partial charge in [-0.25, -0.2) is 4.98 Å². The zero-order valence-electron chi connectivity index (χ0n) is 17.7. The molecule has 0 atom stereocenters. The second-order valence-electron chi connectivity index (χ2n) is 7.52. The van der Waals surface area contributed by atoms with E-state index in [0.29, 0.717) is 45.2 Å². The van der Waals surface area contributed by atoms with Gasteiger partial charge in [0.1, 0.15) is 5.69 Å². The monoisotopic (exact) mass is 489 g/mol. The molecule has 0 spiro atoms. The van der Waals surface area contributed by atoms with Gasteiger partial charge in [-0.3, -0.25) is 4.79 Å². The van der Waals surface area contributed by atoms with Gasteiger partial charge in [-0.15, -0.1) is 0 Å². The zero-order chi connectivity index (χ0) is 23.5. The Morgan fingerprint density at radius 2 is 1.76 bits per heavy atom. The van der Waals surface area contributed by atoms with Crippen molar-refractivity contribution >= 4 is 34.8 Å². The number of anilines is 1. The average Bonchev–Trinajstić information content (AvgIpc) is 3.51. The maximum Gasteiger partial charge on any atom is 0.278 e. The van der Waals surface area contributed by atoms with E-state index in [1.165, 1.54) is 0 Å². The number of carbonyl (C=O) groups is 1. The van der Waals surface area contributed by atoms with Gasteiger partial charge < -0.3 is 14.4 Å².